The van der Waals surface area contributed by atoms with Crippen molar-refractivity contribution in [3.8, 4) is 0 Å². The highest BCUT2D eigenvalue weighted by Crippen LogP contribution is 2.17. The van der Waals surface area contributed by atoms with E-state index in [0.717, 1.165) is 11.3 Å². The van der Waals surface area contributed by atoms with Gasteiger partial charge in [-0.3, -0.25) is 10.8 Å². The summed E-state index contributed by atoms with van der Waals surface area (Å²) in [5.41, 5.74) is 4.54. The topological polar surface area (TPSA) is 69.4 Å². The van der Waals surface area contributed by atoms with E-state index >= 15 is 0 Å². The molecule has 15 heavy (non-hydrogen) atoms. The lowest BCUT2D eigenvalue weighted by atomic mass is 10.1. The monoisotopic (exact) mass is 211 g/mol. The maximum absolute atomic E-state index is 5.46. The minimum absolute atomic E-state index is 0.229. The number of nitrogens with zero attached hydrogens (tertiary/aromatic N) is 1. The van der Waals surface area contributed by atoms with Gasteiger partial charge >= 0.3 is 0 Å². The van der Waals surface area contributed by atoms with Crippen LogP contribution in [0.1, 0.15) is 17.3 Å². The second-order valence-corrected chi connectivity index (χ2v) is 3.22. The molecule has 3 N–H and O–H groups in total. The van der Waals surface area contributed by atoms with Gasteiger partial charge in [-0.2, -0.15) is 0 Å². The average Bonchev–Trinajstić information content (AvgIpc) is 2.27. The van der Waals surface area contributed by atoms with Gasteiger partial charge in [-0.05, 0) is 18.6 Å². The van der Waals surface area contributed by atoms with Gasteiger partial charge in [-0.1, -0.05) is 6.07 Å². The molecule has 5 heteroatoms. The first-order valence-electron chi connectivity index (χ1n) is 4.67. The van der Waals surface area contributed by atoms with Crippen molar-refractivity contribution in [3.63, 3.8) is 0 Å². The molecular formula is C10H17N3O2. The molecule has 0 aromatic carbocycles. The normalized spacial score (nSPS) is 13.1. The number of methoxy groups -OCH3 is 2. The van der Waals surface area contributed by atoms with Crippen molar-refractivity contribution in [1.82, 2.24) is 10.4 Å². The van der Waals surface area contributed by atoms with Crippen molar-refractivity contribution in [1.29, 1.82) is 0 Å². The molecule has 0 spiro atoms. The molecule has 1 rings (SSSR count). The number of pyridine rings is 1. The number of rotatable bonds is 5. The van der Waals surface area contributed by atoms with Crippen LogP contribution in [-0.4, -0.2) is 25.5 Å². The van der Waals surface area contributed by atoms with Crippen LogP contribution in [-0.2, 0) is 9.47 Å². The Hall–Kier alpha value is -1.01. The molecular weight excluding hydrogens is 194 g/mol. The first kappa shape index (κ1) is 12.1. The van der Waals surface area contributed by atoms with Gasteiger partial charge in [0.2, 0.25) is 0 Å². The van der Waals surface area contributed by atoms with Crippen LogP contribution in [0.3, 0.4) is 0 Å². The summed E-state index contributed by atoms with van der Waals surface area (Å²) in [4.78, 5) is 4.19. The Morgan fingerprint density at radius 1 is 1.33 bits per heavy atom. The van der Waals surface area contributed by atoms with Crippen molar-refractivity contribution in [2.75, 3.05) is 14.2 Å². The number of hydrogen-bond donors (Lipinski definition) is 2. The number of nitrogens with one attached hydrogen (secondary N) is 1. The summed E-state index contributed by atoms with van der Waals surface area (Å²) in [6, 6.07) is 3.63. The van der Waals surface area contributed by atoms with Crippen LogP contribution in [0, 0.1) is 6.92 Å². The Morgan fingerprint density at radius 2 is 2.00 bits per heavy atom. The fraction of sp³-hybridized carbons (Fsp3) is 0.500. The van der Waals surface area contributed by atoms with Gasteiger partial charge in [-0.25, -0.2) is 5.43 Å². The molecule has 0 aliphatic rings. The quantitative estimate of drug-likeness (QED) is 0.422. The lowest BCUT2D eigenvalue weighted by Gasteiger charge is -2.23. The van der Waals surface area contributed by atoms with Gasteiger partial charge < -0.3 is 9.47 Å². The number of hydrazine groups is 1. The molecule has 1 atom stereocenters. The third kappa shape index (κ3) is 2.97. The lowest BCUT2D eigenvalue weighted by molar-refractivity contribution is -0.124. The van der Waals surface area contributed by atoms with Gasteiger partial charge in [0.05, 0.1) is 6.04 Å². The van der Waals surface area contributed by atoms with Crippen molar-refractivity contribution < 1.29 is 9.47 Å². The second kappa shape index (κ2) is 5.77. The first-order chi connectivity index (χ1) is 7.22. The lowest BCUT2D eigenvalue weighted by Crippen LogP contribution is -2.38. The molecule has 84 valence electrons. The van der Waals surface area contributed by atoms with Crippen LogP contribution in [0.5, 0.6) is 0 Å². The van der Waals surface area contributed by atoms with E-state index in [-0.39, 0.29) is 6.04 Å². The molecule has 0 fully saturated rings. The van der Waals surface area contributed by atoms with Crippen molar-refractivity contribution in [2.24, 2.45) is 5.84 Å². The molecule has 1 unspecified atom stereocenters. The fourth-order valence-electron chi connectivity index (χ4n) is 1.36. The molecule has 5 nitrogen and oxygen atoms in total. The van der Waals surface area contributed by atoms with Crippen molar-refractivity contribution >= 4 is 0 Å². The summed E-state index contributed by atoms with van der Waals surface area (Å²) in [5.74, 6) is 5.46. The Morgan fingerprint density at radius 3 is 2.40 bits per heavy atom. The molecule has 1 aromatic heterocycles. The molecule has 0 saturated heterocycles. The van der Waals surface area contributed by atoms with Gasteiger partial charge in [-0.15, -0.1) is 0 Å². The minimum Gasteiger partial charge on any atom is -0.354 e. The number of ether oxygens (including phenoxy) is 2. The Bertz CT molecular complexity index is 285. The van der Waals surface area contributed by atoms with Crippen LogP contribution in [0.25, 0.3) is 0 Å². The van der Waals surface area contributed by atoms with Crippen LogP contribution in [0.15, 0.2) is 18.3 Å². The van der Waals surface area contributed by atoms with Crippen molar-refractivity contribution in [2.45, 2.75) is 19.3 Å². The molecule has 0 aliphatic carbocycles. The predicted octanol–water partition coefficient (Wildman–Crippen LogP) is 0.513. The van der Waals surface area contributed by atoms with Gasteiger partial charge in [0.25, 0.3) is 0 Å². The van der Waals surface area contributed by atoms with E-state index in [9.17, 15) is 0 Å². The summed E-state index contributed by atoms with van der Waals surface area (Å²) < 4.78 is 10.3. The van der Waals surface area contributed by atoms with Gasteiger partial charge in [0.1, 0.15) is 0 Å². The SMILES string of the molecule is COC(OC)C(NN)c1ccc(C)nc1. The zero-order valence-corrected chi connectivity index (χ0v) is 9.23. The van der Waals surface area contributed by atoms with E-state index in [0.29, 0.717) is 0 Å². The van der Waals surface area contributed by atoms with E-state index in [1.54, 1.807) is 20.4 Å². The molecule has 0 saturated carbocycles. The highest BCUT2D eigenvalue weighted by atomic mass is 16.7. The highest BCUT2D eigenvalue weighted by Gasteiger charge is 2.21. The van der Waals surface area contributed by atoms with E-state index in [1.165, 1.54) is 0 Å². The summed E-state index contributed by atoms with van der Waals surface area (Å²) in [6.07, 6.45) is 1.32. The third-order valence-electron chi connectivity index (χ3n) is 2.21. The fourth-order valence-corrected chi connectivity index (χ4v) is 1.36. The van der Waals surface area contributed by atoms with Crippen LogP contribution in [0.2, 0.25) is 0 Å². The summed E-state index contributed by atoms with van der Waals surface area (Å²) in [7, 11) is 3.14. The average molecular weight is 211 g/mol. The van der Waals surface area contributed by atoms with E-state index in [1.807, 2.05) is 19.1 Å². The number of hydrogen-bond acceptors (Lipinski definition) is 5. The standard InChI is InChI=1S/C10H17N3O2/c1-7-4-5-8(6-12-7)9(13-11)10(14-2)15-3/h4-6,9-10,13H,11H2,1-3H3. The third-order valence-corrected chi connectivity index (χ3v) is 2.21. The zero-order chi connectivity index (χ0) is 11.3. The van der Waals surface area contributed by atoms with Gasteiger partial charge in [0, 0.05) is 26.1 Å². The Kier molecular flexibility index (Phi) is 4.64. The first-order valence-corrected chi connectivity index (χ1v) is 4.67. The van der Waals surface area contributed by atoms with Crippen LogP contribution < -0.4 is 11.3 Å². The molecule has 0 aliphatic heterocycles. The van der Waals surface area contributed by atoms with Gasteiger partial charge in [0.15, 0.2) is 6.29 Å². The number of nitrogens with two attached hydrogens (primary N) is 1. The largest absolute Gasteiger partial charge is 0.354 e. The van der Waals surface area contributed by atoms with E-state index < -0.39 is 6.29 Å². The molecule has 0 amide bonds. The molecule has 0 radical (unpaired) electrons. The zero-order valence-electron chi connectivity index (χ0n) is 9.23. The van der Waals surface area contributed by atoms with Crippen molar-refractivity contribution in [3.05, 3.63) is 29.6 Å². The Labute approximate surface area is 89.6 Å². The summed E-state index contributed by atoms with van der Waals surface area (Å²) in [5, 5.41) is 0. The summed E-state index contributed by atoms with van der Waals surface area (Å²) in [6.45, 7) is 1.93. The van der Waals surface area contributed by atoms with E-state index in [4.69, 9.17) is 15.3 Å². The second-order valence-electron chi connectivity index (χ2n) is 3.22. The molecule has 1 aromatic rings. The molecule has 1 heterocycles. The van der Waals surface area contributed by atoms with Crippen LogP contribution >= 0.6 is 0 Å². The number of aryl methyl sites for hydroxylation is 1. The number of aromatic nitrogens is 1. The van der Waals surface area contributed by atoms with Crippen LogP contribution in [0.4, 0.5) is 0 Å². The summed E-state index contributed by atoms with van der Waals surface area (Å²) >= 11 is 0. The minimum atomic E-state index is -0.431. The molecule has 0 bridgehead atoms. The maximum atomic E-state index is 5.46. The smallest absolute Gasteiger partial charge is 0.177 e. The predicted molar refractivity (Wildman–Crippen MR) is 56.8 cm³/mol. The highest BCUT2D eigenvalue weighted by molar-refractivity contribution is 5.17. The maximum Gasteiger partial charge on any atom is 0.177 e. The Balaban J connectivity index is 2.86. The van der Waals surface area contributed by atoms with E-state index in [2.05, 4.69) is 10.4 Å².